The van der Waals surface area contributed by atoms with Crippen LogP contribution in [0.25, 0.3) is 10.9 Å². The number of hydrogen-bond acceptors (Lipinski definition) is 2. The van der Waals surface area contributed by atoms with Gasteiger partial charge in [-0.2, -0.15) is 0 Å². The molecular weight excluding hydrogens is 232 g/mol. The summed E-state index contributed by atoms with van der Waals surface area (Å²) < 4.78 is 1.76. The lowest BCUT2D eigenvalue weighted by atomic mass is 10.2. The number of carboxylic acid groups (broad SMARTS) is 1. The molecule has 0 saturated carbocycles. The number of carbonyl (C=O) groups is 2. The molecule has 0 aliphatic rings. The van der Waals surface area contributed by atoms with Crippen LogP contribution in [0, 0.1) is 6.92 Å². The number of rotatable bonds is 3. The molecule has 0 unspecified atom stereocenters. The van der Waals surface area contributed by atoms with Gasteiger partial charge in [-0.15, -0.1) is 0 Å². The minimum Gasteiger partial charge on any atom is -0.480 e. The third-order valence-electron chi connectivity index (χ3n) is 2.83. The van der Waals surface area contributed by atoms with Crippen LogP contribution in [0.2, 0.25) is 0 Å². The molecule has 1 aromatic heterocycles. The van der Waals surface area contributed by atoms with Crippen molar-refractivity contribution in [1.29, 1.82) is 0 Å². The van der Waals surface area contributed by atoms with Crippen LogP contribution in [-0.4, -0.2) is 28.1 Å². The van der Waals surface area contributed by atoms with Crippen LogP contribution in [0.3, 0.4) is 0 Å². The number of carboxylic acids is 1. The molecular formula is C13H14N2O3. The number of aromatic nitrogens is 1. The van der Waals surface area contributed by atoms with Gasteiger partial charge in [0.2, 0.25) is 0 Å². The monoisotopic (exact) mass is 246 g/mol. The van der Waals surface area contributed by atoms with E-state index in [1.54, 1.807) is 17.7 Å². The van der Waals surface area contributed by atoms with E-state index in [0.717, 1.165) is 16.5 Å². The van der Waals surface area contributed by atoms with Crippen molar-refractivity contribution in [1.82, 2.24) is 9.88 Å². The molecule has 0 saturated heterocycles. The van der Waals surface area contributed by atoms with Crippen molar-refractivity contribution < 1.29 is 14.7 Å². The summed E-state index contributed by atoms with van der Waals surface area (Å²) in [6.07, 6.45) is 0. The second kappa shape index (κ2) is 4.52. The number of amides is 1. The van der Waals surface area contributed by atoms with Crippen molar-refractivity contribution >= 4 is 22.8 Å². The lowest BCUT2D eigenvalue weighted by molar-refractivity contribution is -0.135. The van der Waals surface area contributed by atoms with Gasteiger partial charge in [-0.25, -0.2) is 0 Å². The summed E-state index contributed by atoms with van der Waals surface area (Å²) >= 11 is 0. The molecule has 2 aromatic rings. The van der Waals surface area contributed by atoms with Gasteiger partial charge in [0.25, 0.3) is 5.91 Å². The molecule has 2 rings (SSSR count). The fraction of sp³-hybridized carbons (Fsp3) is 0.231. The molecule has 2 N–H and O–H groups in total. The SMILES string of the molecule is Cc1ccc2c(c1)cc(C(=O)NCC(=O)O)n2C. The molecule has 1 aromatic carbocycles. The first-order valence-electron chi connectivity index (χ1n) is 5.55. The van der Waals surface area contributed by atoms with Gasteiger partial charge < -0.3 is 15.0 Å². The van der Waals surface area contributed by atoms with Gasteiger partial charge in [-0.3, -0.25) is 9.59 Å². The Morgan fingerprint density at radius 3 is 2.72 bits per heavy atom. The number of aryl methyl sites for hydroxylation is 2. The molecule has 0 aliphatic carbocycles. The normalized spacial score (nSPS) is 10.6. The van der Waals surface area contributed by atoms with E-state index < -0.39 is 5.97 Å². The molecule has 1 heterocycles. The molecule has 0 atom stereocenters. The van der Waals surface area contributed by atoms with Crippen molar-refractivity contribution in [2.75, 3.05) is 6.54 Å². The molecule has 94 valence electrons. The van der Waals surface area contributed by atoms with E-state index in [0.29, 0.717) is 5.69 Å². The zero-order valence-electron chi connectivity index (χ0n) is 10.2. The second-order valence-corrected chi connectivity index (χ2v) is 4.23. The van der Waals surface area contributed by atoms with E-state index in [1.165, 1.54) is 0 Å². The summed E-state index contributed by atoms with van der Waals surface area (Å²) in [5.74, 6) is -1.44. The van der Waals surface area contributed by atoms with Crippen LogP contribution < -0.4 is 5.32 Å². The average molecular weight is 246 g/mol. The zero-order valence-corrected chi connectivity index (χ0v) is 10.2. The van der Waals surface area contributed by atoms with Crippen LogP contribution >= 0.6 is 0 Å². The highest BCUT2D eigenvalue weighted by atomic mass is 16.4. The summed E-state index contributed by atoms with van der Waals surface area (Å²) in [4.78, 5) is 22.2. The first-order valence-corrected chi connectivity index (χ1v) is 5.55. The highest BCUT2D eigenvalue weighted by molar-refractivity contribution is 5.99. The van der Waals surface area contributed by atoms with Crippen molar-refractivity contribution in [3.8, 4) is 0 Å². The average Bonchev–Trinajstić information content (AvgIpc) is 2.63. The number of nitrogens with one attached hydrogen (secondary N) is 1. The Labute approximate surface area is 104 Å². The Bertz CT molecular complexity index is 628. The molecule has 5 heteroatoms. The number of aliphatic carboxylic acids is 1. The van der Waals surface area contributed by atoms with E-state index in [2.05, 4.69) is 5.32 Å². The smallest absolute Gasteiger partial charge is 0.322 e. The standard InChI is InChI=1S/C13H14N2O3/c1-8-3-4-10-9(5-8)6-11(15(10)2)13(18)14-7-12(16)17/h3-6H,7H2,1-2H3,(H,14,18)(H,16,17). The lowest BCUT2D eigenvalue weighted by Gasteiger charge is -2.04. The largest absolute Gasteiger partial charge is 0.480 e. The Kier molecular flexibility index (Phi) is 3.06. The van der Waals surface area contributed by atoms with Gasteiger partial charge in [0.15, 0.2) is 0 Å². The van der Waals surface area contributed by atoms with E-state index in [9.17, 15) is 9.59 Å². The zero-order chi connectivity index (χ0) is 13.3. The van der Waals surface area contributed by atoms with Gasteiger partial charge in [0, 0.05) is 18.0 Å². The highest BCUT2D eigenvalue weighted by Crippen LogP contribution is 2.19. The first kappa shape index (κ1) is 12.2. The minimum absolute atomic E-state index is 0.376. The fourth-order valence-corrected chi connectivity index (χ4v) is 1.93. The Balaban J connectivity index is 2.36. The van der Waals surface area contributed by atoms with Crippen molar-refractivity contribution in [3.05, 3.63) is 35.5 Å². The van der Waals surface area contributed by atoms with Crippen LogP contribution in [0.5, 0.6) is 0 Å². The summed E-state index contributed by atoms with van der Waals surface area (Å²) in [6.45, 7) is 1.61. The van der Waals surface area contributed by atoms with Crippen molar-refractivity contribution in [2.45, 2.75) is 6.92 Å². The first-order chi connectivity index (χ1) is 8.49. The summed E-state index contributed by atoms with van der Waals surface area (Å²) in [5, 5.41) is 11.9. The van der Waals surface area contributed by atoms with E-state index >= 15 is 0 Å². The molecule has 0 aliphatic heterocycles. The number of benzene rings is 1. The Morgan fingerprint density at radius 1 is 1.33 bits per heavy atom. The second-order valence-electron chi connectivity index (χ2n) is 4.23. The van der Waals surface area contributed by atoms with Gasteiger partial charge in [0.1, 0.15) is 12.2 Å². The third kappa shape index (κ3) is 2.20. The van der Waals surface area contributed by atoms with E-state index in [4.69, 9.17) is 5.11 Å². The molecule has 0 radical (unpaired) electrons. The summed E-state index contributed by atoms with van der Waals surface area (Å²) in [6, 6.07) is 7.67. The van der Waals surface area contributed by atoms with E-state index in [1.807, 2.05) is 25.1 Å². The van der Waals surface area contributed by atoms with E-state index in [-0.39, 0.29) is 12.5 Å². The number of hydrogen-bond donors (Lipinski definition) is 2. The van der Waals surface area contributed by atoms with Crippen LogP contribution in [0.4, 0.5) is 0 Å². The van der Waals surface area contributed by atoms with Gasteiger partial charge in [-0.05, 0) is 25.1 Å². The minimum atomic E-state index is -1.06. The predicted molar refractivity (Wildman–Crippen MR) is 67.6 cm³/mol. The molecule has 1 amide bonds. The maximum absolute atomic E-state index is 11.8. The number of nitrogens with zero attached hydrogens (tertiary/aromatic N) is 1. The molecule has 0 spiro atoms. The van der Waals surface area contributed by atoms with Crippen LogP contribution in [0.1, 0.15) is 16.1 Å². The predicted octanol–water partition coefficient (Wildman–Crippen LogP) is 1.30. The Morgan fingerprint density at radius 2 is 2.06 bits per heavy atom. The molecule has 5 nitrogen and oxygen atoms in total. The third-order valence-corrected chi connectivity index (χ3v) is 2.83. The summed E-state index contributed by atoms with van der Waals surface area (Å²) in [5.41, 5.74) is 2.52. The quantitative estimate of drug-likeness (QED) is 0.857. The topological polar surface area (TPSA) is 71.3 Å². The van der Waals surface area contributed by atoms with Crippen molar-refractivity contribution in [2.24, 2.45) is 7.05 Å². The van der Waals surface area contributed by atoms with Gasteiger partial charge >= 0.3 is 5.97 Å². The van der Waals surface area contributed by atoms with Crippen LogP contribution in [-0.2, 0) is 11.8 Å². The maximum Gasteiger partial charge on any atom is 0.322 e. The summed E-state index contributed by atoms with van der Waals surface area (Å²) in [7, 11) is 1.79. The Hall–Kier alpha value is -2.30. The number of carbonyl (C=O) groups excluding carboxylic acids is 1. The maximum atomic E-state index is 11.8. The lowest BCUT2D eigenvalue weighted by Crippen LogP contribution is -2.30. The van der Waals surface area contributed by atoms with Gasteiger partial charge in [0.05, 0.1) is 0 Å². The van der Waals surface area contributed by atoms with Crippen LogP contribution in [0.15, 0.2) is 24.3 Å². The van der Waals surface area contributed by atoms with Crippen molar-refractivity contribution in [3.63, 3.8) is 0 Å². The van der Waals surface area contributed by atoms with Gasteiger partial charge in [-0.1, -0.05) is 11.6 Å². The molecule has 0 fully saturated rings. The molecule has 0 bridgehead atoms. The molecule has 18 heavy (non-hydrogen) atoms. The number of fused-ring (bicyclic) bond motifs is 1. The highest BCUT2D eigenvalue weighted by Gasteiger charge is 2.13. The fourth-order valence-electron chi connectivity index (χ4n) is 1.93.